The number of nitrogens with zero attached hydrogens (tertiary/aromatic N) is 5. The van der Waals surface area contributed by atoms with Crippen molar-refractivity contribution >= 4 is 57.1 Å². The number of thiophene rings is 1. The van der Waals surface area contributed by atoms with E-state index in [4.69, 9.17) is 16.6 Å². The van der Waals surface area contributed by atoms with Gasteiger partial charge in [0.2, 0.25) is 0 Å². The highest BCUT2D eigenvalue weighted by atomic mass is 35.5. The molecule has 2 aliphatic rings. The molecular weight excluding hydrogens is 532 g/mol. The van der Waals surface area contributed by atoms with E-state index in [9.17, 15) is 14.7 Å². The zero-order valence-corrected chi connectivity index (χ0v) is 23.1. The number of nitrogens with one attached hydrogen (secondary N) is 1. The molecule has 1 amide bonds. The molecule has 0 bridgehead atoms. The van der Waals surface area contributed by atoms with Gasteiger partial charge in [0.1, 0.15) is 11.5 Å². The zero-order chi connectivity index (χ0) is 26.2. The van der Waals surface area contributed by atoms with Crippen molar-refractivity contribution in [3.63, 3.8) is 0 Å². The summed E-state index contributed by atoms with van der Waals surface area (Å²) in [5.41, 5.74) is 1.17. The highest BCUT2D eigenvalue weighted by Crippen LogP contribution is 2.39. The third-order valence-electron chi connectivity index (χ3n) is 7.16. The number of amides is 1. The van der Waals surface area contributed by atoms with Crippen LogP contribution in [0.25, 0.3) is 10.6 Å². The fourth-order valence-corrected chi connectivity index (χ4v) is 7.03. The summed E-state index contributed by atoms with van der Waals surface area (Å²) in [5.74, 6) is -0.801. The van der Waals surface area contributed by atoms with Gasteiger partial charge in [-0.1, -0.05) is 22.9 Å². The van der Waals surface area contributed by atoms with Crippen molar-refractivity contribution in [3.05, 3.63) is 39.4 Å². The second-order valence-electron chi connectivity index (χ2n) is 10.1. The van der Waals surface area contributed by atoms with Crippen LogP contribution in [0.15, 0.2) is 23.8 Å². The number of hydrogen-bond acceptors (Lipinski definition) is 9. The van der Waals surface area contributed by atoms with E-state index in [1.54, 1.807) is 17.5 Å². The molecule has 3 aromatic heterocycles. The van der Waals surface area contributed by atoms with Crippen molar-refractivity contribution in [2.24, 2.45) is 5.92 Å². The smallest absolute Gasteiger partial charge is 0.306 e. The number of aromatic nitrogens is 3. The van der Waals surface area contributed by atoms with Crippen LogP contribution < -0.4 is 10.2 Å². The fourth-order valence-electron chi connectivity index (χ4n) is 4.89. The Bertz CT molecular complexity index is 1280. The summed E-state index contributed by atoms with van der Waals surface area (Å²) in [6.07, 6.45) is 6.48. The van der Waals surface area contributed by atoms with E-state index in [2.05, 4.69) is 34.0 Å². The highest BCUT2D eigenvalue weighted by Gasteiger charge is 2.33. The summed E-state index contributed by atoms with van der Waals surface area (Å²) in [6.45, 7) is 7.53. The Morgan fingerprint density at radius 3 is 2.59 bits per heavy atom. The monoisotopic (exact) mass is 560 g/mol. The lowest BCUT2D eigenvalue weighted by atomic mass is 9.97. The quantitative estimate of drug-likeness (QED) is 0.403. The number of piperidine rings is 1. The molecule has 0 atom stereocenters. The first kappa shape index (κ1) is 26.0. The molecular formula is C25H29ClN6O3S2. The first-order valence-corrected chi connectivity index (χ1v) is 14.4. The van der Waals surface area contributed by atoms with Crippen LogP contribution in [0.3, 0.4) is 0 Å². The molecule has 5 rings (SSSR count). The predicted molar refractivity (Wildman–Crippen MR) is 147 cm³/mol. The fraction of sp³-hybridized carbons (Fsp3) is 0.480. The number of rotatable bonds is 7. The minimum Gasteiger partial charge on any atom is -0.481 e. The number of likely N-dealkylation sites (tertiary alicyclic amines) is 1. The molecule has 2 aliphatic heterocycles. The molecule has 0 unspecified atom stereocenters. The summed E-state index contributed by atoms with van der Waals surface area (Å²) in [4.78, 5) is 44.2. The molecule has 0 aromatic carbocycles. The van der Waals surface area contributed by atoms with Crippen LogP contribution in [0.5, 0.6) is 0 Å². The van der Waals surface area contributed by atoms with Crippen molar-refractivity contribution in [1.82, 2.24) is 19.9 Å². The molecule has 2 saturated heterocycles. The second kappa shape index (κ2) is 10.6. The van der Waals surface area contributed by atoms with E-state index in [0.717, 1.165) is 35.0 Å². The average molecular weight is 561 g/mol. The molecule has 5 heterocycles. The Morgan fingerprint density at radius 2 is 2.00 bits per heavy atom. The van der Waals surface area contributed by atoms with Crippen molar-refractivity contribution < 1.29 is 14.7 Å². The van der Waals surface area contributed by atoms with Gasteiger partial charge >= 0.3 is 5.97 Å². The maximum absolute atomic E-state index is 13.0. The van der Waals surface area contributed by atoms with Crippen molar-refractivity contribution in [2.45, 2.75) is 51.6 Å². The lowest BCUT2D eigenvalue weighted by molar-refractivity contribution is -0.142. The molecule has 2 N–H and O–H groups in total. The van der Waals surface area contributed by atoms with Crippen molar-refractivity contribution in [2.75, 3.05) is 29.9 Å². The van der Waals surface area contributed by atoms with Gasteiger partial charge < -0.3 is 10.0 Å². The van der Waals surface area contributed by atoms with Gasteiger partial charge in [0.05, 0.1) is 33.9 Å². The lowest BCUT2D eigenvalue weighted by Gasteiger charge is -2.31. The lowest BCUT2D eigenvalue weighted by Crippen LogP contribution is -2.37. The molecule has 0 saturated carbocycles. The molecule has 12 heteroatoms. The standard InChI is InChI=1S/C25H29ClN6O3S2/c1-25(2)6-3-7-32(25)13-19-21(18-10-16(26)14-36-18)29-24(37-19)30-22(33)17-11-28-20(12-27-17)31-8-4-15(5-9-31)23(34)35/h10-12,14-15H,3-9,13H2,1-2H3,(H,34,35)(H,29,30,33). The van der Waals surface area contributed by atoms with Gasteiger partial charge in [-0.15, -0.1) is 11.3 Å². The number of aliphatic carboxylic acids is 1. The van der Waals surface area contributed by atoms with Crippen LogP contribution >= 0.6 is 34.3 Å². The van der Waals surface area contributed by atoms with Gasteiger partial charge in [0.25, 0.3) is 5.91 Å². The number of carboxylic acid groups (broad SMARTS) is 1. The third kappa shape index (κ3) is 5.79. The van der Waals surface area contributed by atoms with Crippen LogP contribution in [0.4, 0.5) is 10.9 Å². The van der Waals surface area contributed by atoms with E-state index >= 15 is 0 Å². The number of thiazole rings is 1. The van der Waals surface area contributed by atoms with Gasteiger partial charge in [-0.2, -0.15) is 0 Å². The number of hydrogen-bond donors (Lipinski definition) is 2. The maximum Gasteiger partial charge on any atom is 0.306 e. The Morgan fingerprint density at radius 1 is 1.22 bits per heavy atom. The number of halogens is 1. The van der Waals surface area contributed by atoms with Crippen molar-refractivity contribution in [1.29, 1.82) is 0 Å². The average Bonchev–Trinajstić information content (AvgIpc) is 3.57. The molecule has 37 heavy (non-hydrogen) atoms. The molecule has 3 aromatic rings. The molecule has 9 nitrogen and oxygen atoms in total. The third-order valence-corrected chi connectivity index (χ3v) is 9.40. The summed E-state index contributed by atoms with van der Waals surface area (Å²) in [6, 6.07) is 1.91. The summed E-state index contributed by atoms with van der Waals surface area (Å²) in [5, 5.41) is 15.2. The molecule has 0 radical (unpaired) electrons. The van der Waals surface area contributed by atoms with E-state index in [1.807, 2.05) is 16.3 Å². The number of carbonyl (C=O) groups excluding carboxylic acids is 1. The van der Waals surface area contributed by atoms with E-state index in [-0.39, 0.29) is 23.1 Å². The largest absolute Gasteiger partial charge is 0.481 e. The summed E-state index contributed by atoms with van der Waals surface area (Å²) < 4.78 is 0. The Hall–Kier alpha value is -2.60. The number of carboxylic acids is 1. The topological polar surface area (TPSA) is 112 Å². The minimum atomic E-state index is -0.752. The van der Waals surface area contributed by atoms with Crippen LogP contribution in [0.2, 0.25) is 5.02 Å². The number of carbonyl (C=O) groups is 2. The zero-order valence-electron chi connectivity index (χ0n) is 20.7. The highest BCUT2D eigenvalue weighted by molar-refractivity contribution is 7.17. The normalized spacial score (nSPS) is 18.3. The summed E-state index contributed by atoms with van der Waals surface area (Å²) >= 11 is 9.22. The Labute approximate surface area is 228 Å². The first-order valence-electron chi connectivity index (χ1n) is 12.3. The molecule has 2 fully saturated rings. The van der Waals surface area contributed by atoms with Gasteiger partial charge in [0.15, 0.2) is 5.13 Å². The van der Waals surface area contributed by atoms with Gasteiger partial charge in [-0.05, 0) is 52.1 Å². The second-order valence-corrected chi connectivity index (χ2v) is 12.5. The van der Waals surface area contributed by atoms with Gasteiger partial charge in [-0.3, -0.25) is 19.8 Å². The van der Waals surface area contributed by atoms with Crippen LogP contribution in [0, 0.1) is 5.92 Å². The Kier molecular flexibility index (Phi) is 7.49. The maximum atomic E-state index is 13.0. The van der Waals surface area contributed by atoms with Crippen LogP contribution in [0.1, 0.15) is 54.9 Å². The summed E-state index contributed by atoms with van der Waals surface area (Å²) in [7, 11) is 0. The molecule has 0 spiro atoms. The van der Waals surface area contributed by atoms with Gasteiger partial charge in [-0.25, -0.2) is 15.0 Å². The Balaban J connectivity index is 1.30. The molecule has 0 aliphatic carbocycles. The van der Waals surface area contributed by atoms with Crippen LogP contribution in [-0.2, 0) is 11.3 Å². The predicted octanol–water partition coefficient (Wildman–Crippen LogP) is 5.24. The van der Waals surface area contributed by atoms with E-state index in [1.165, 1.54) is 24.0 Å². The molecule has 196 valence electrons. The number of anilines is 2. The van der Waals surface area contributed by atoms with Crippen molar-refractivity contribution in [3.8, 4) is 10.6 Å². The van der Waals surface area contributed by atoms with Crippen LogP contribution in [-0.4, -0.2) is 62.0 Å². The SMILES string of the molecule is CC1(C)CCCN1Cc1sc(NC(=O)c2cnc(N3CCC(C(=O)O)CC3)cn2)nc1-c1cc(Cl)cs1. The van der Waals surface area contributed by atoms with E-state index in [0.29, 0.717) is 41.9 Å². The first-order chi connectivity index (χ1) is 17.7. The van der Waals surface area contributed by atoms with E-state index < -0.39 is 5.97 Å². The minimum absolute atomic E-state index is 0.123. The van der Waals surface area contributed by atoms with Gasteiger partial charge in [0, 0.05) is 35.4 Å².